The highest BCUT2D eigenvalue weighted by atomic mass is 19.2. The first-order chi connectivity index (χ1) is 14.6. The molecule has 3 aromatic heterocycles. The number of fused-ring (bicyclic) bond motifs is 2. The predicted octanol–water partition coefficient (Wildman–Crippen LogP) is 4.16. The number of nitrogens with zero attached hydrogens (tertiary/aromatic N) is 5. The summed E-state index contributed by atoms with van der Waals surface area (Å²) in [5.41, 5.74) is 4.25. The van der Waals surface area contributed by atoms with Crippen molar-refractivity contribution < 1.29 is 8.78 Å². The number of nitrogens with one attached hydrogen (secondary N) is 2. The molecule has 0 radical (unpaired) electrons. The Hall–Kier alpha value is -4.01. The van der Waals surface area contributed by atoms with E-state index in [1.165, 1.54) is 18.7 Å². The molecule has 0 spiro atoms. The minimum absolute atomic E-state index is 0.112. The van der Waals surface area contributed by atoms with Crippen LogP contribution in [0.1, 0.15) is 11.3 Å². The van der Waals surface area contributed by atoms with E-state index in [9.17, 15) is 8.78 Å². The topological polar surface area (TPSA) is 92.3 Å². The van der Waals surface area contributed by atoms with Gasteiger partial charge in [0, 0.05) is 5.56 Å². The Morgan fingerprint density at radius 1 is 1.00 bits per heavy atom. The molecule has 0 saturated carbocycles. The van der Waals surface area contributed by atoms with Crippen molar-refractivity contribution in [3.63, 3.8) is 0 Å². The minimum atomic E-state index is -1.02. The number of hydrogen-bond donors (Lipinski definition) is 2. The largest absolute Gasteiger partial charge is 0.362 e. The highest BCUT2D eigenvalue weighted by Crippen LogP contribution is 2.28. The maximum absolute atomic E-state index is 14.4. The van der Waals surface area contributed by atoms with Gasteiger partial charge >= 0.3 is 0 Å². The Morgan fingerprint density at radius 2 is 1.87 bits per heavy atom. The molecule has 148 valence electrons. The van der Waals surface area contributed by atoms with Gasteiger partial charge in [-0.3, -0.25) is 0 Å². The average molecular weight is 403 g/mol. The number of aromatic amines is 1. The number of halogens is 2. The van der Waals surface area contributed by atoms with Crippen molar-refractivity contribution in [3.05, 3.63) is 71.9 Å². The smallest absolute Gasteiger partial charge is 0.186 e. The van der Waals surface area contributed by atoms with Gasteiger partial charge in [0.1, 0.15) is 17.4 Å². The third-order valence-electron chi connectivity index (χ3n) is 4.85. The molecule has 2 aromatic carbocycles. The van der Waals surface area contributed by atoms with Crippen molar-refractivity contribution in [1.82, 2.24) is 29.9 Å². The summed E-state index contributed by atoms with van der Waals surface area (Å²) in [4.78, 5) is 24.4. The molecule has 0 aliphatic rings. The SMILES string of the molecule is Cc1ccccc1-c1nc2ccc(F)c(F)c2nc1CNc1ncnc2nc[nH]c12. The number of benzene rings is 2. The molecule has 0 atom stereocenters. The molecule has 0 aliphatic carbocycles. The predicted molar refractivity (Wildman–Crippen MR) is 109 cm³/mol. The van der Waals surface area contributed by atoms with Crippen LogP contribution < -0.4 is 5.32 Å². The van der Waals surface area contributed by atoms with Gasteiger partial charge in [-0.15, -0.1) is 0 Å². The summed E-state index contributed by atoms with van der Waals surface area (Å²) in [5, 5.41) is 3.18. The van der Waals surface area contributed by atoms with E-state index in [4.69, 9.17) is 0 Å². The lowest BCUT2D eigenvalue weighted by Gasteiger charge is -2.13. The van der Waals surface area contributed by atoms with Gasteiger partial charge in [0.2, 0.25) is 0 Å². The van der Waals surface area contributed by atoms with Crippen LogP contribution in [-0.2, 0) is 6.54 Å². The maximum Gasteiger partial charge on any atom is 0.186 e. The number of H-pyrrole nitrogens is 1. The lowest BCUT2D eigenvalue weighted by Crippen LogP contribution is -2.09. The molecule has 5 rings (SSSR count). The van der Waals surface area contributed by atoms with Crippen LogP contribution in [0.4, 0.5) is 14.6 Å². The Labute approximate surface area is 169 Å². The van der Waals surface area contributed by atoms with E-state index < -0.39 is 11.6 Å². The summed E-state index contributed by atoms with van der Waals surface area (Å²) in [6.45, 7) is 2.15. The zero-order valence-corrected chi connectivity index (χ0v) is 15.8. The number of hydrogen-bond acceptors (Lipinski definition) is 6. The molecule has 0 saturated heterocycles. The molecule has 7 nitrogen and oxygen atoms in total. The number of aromatic nitrogens is 6. The van der Waals surface area contributed by atoms with Crippen LogP contribution in [0.2, 0.25) is 0 Å². The molecule has 0 fully saturated rings. The van der Waals surface area contributed by atoms with Crippen LogP contribution in [0.3, 0.4) is 0 Å². The third kappa shape index (κ3) is 3.00. The average Bonchev–Trinajstić information content (AvgIpc) is 3.24. The number of rotatable bonds is 4. The van der Waals surface area contributed by atoms with E-state index >= 15 is 0 Å². The van der Waals surface area contributed by atoms with Gasteiger partial charge < -0.3 is 10.3 Å². The molecular weight excluding hydrogens is 388 g/mol. The normalized spacial score (nSPS) is 11.3. The van der Waals surface area contributed by atoms with E-state index in [2.05, 4.69) is 35.2 Å². The van der Waals surface area contributed by atoms with Gasteiger partial charge in [0.05, 0.1) is 29.8 Å². The Balaban J connectivity index is 1.64. The molecule has 2 N–H and O–H groups in total. The second-order valence-electron chi connectivity index (χ2n) is 6.74. The van der Waals surface area contributed by atoms with Crippen LogP contribution >= 0.6 is 0 Å². The Morgan fingerprint density at radius 3 is 2.73 bits per heavy atom. The van der Waals surface area contributed by atoms with Gasteiger partial charge in [-0.05, 0) is 24.6 Å². The summed E-state index contributed by atoms with van der Waals surface area (Å²) in [6, 6.07) is 10.2. The maximum atomic E-state index is 14.4. The van der Waals surface area contributed by atoms with Gasteiger partial charge in [0.15, 0.2) is 23.1 Å². The van der Waals surface area contributed by atoms with Crippen LogP contribution in [-0.4, -0.2) is 29.9 Å². The van der Waals surface area contributed by atoms with E-state index in [-0.39, 0.29) is 17.6 Å². The fourth-order valence-corrected chi connectivity index (χ4v) is 3.34. The first-order valence-corrected chi connectivity index (χ1v) is 9.20. The second kappa shape index (κ2) is 7.11. The number of aryl methyl sites for hydroxylation is 1. The van der Waals surface area contributed by atoms with E-state index in [1.807, 2.05) is 31.2 Å². The van der Waals surface area contributed by atoms with Crippen LogP contribution in [0.5, 0.6) is 0 Å². The molecular formula is C21H15F2N7. The van der Waals surface area contributed by atoms with Crippen molar-refractivity contribution in [3.8, 4) is 11.3 Å². The lowest BCUT2D eigenvalue weighted by atomic mass is 10.0. The second-order valence-corrected chi connectivity index (χ2v) is 6.74. The van der Waals surface area contributed by atoms with Crippen LogP contribution in [0.25, 0.3) is 33.5 Å². The van der Waals surface area contributed by atoms with E-state index in [1.54, 1.807) is 0 Å². The van der Waals surface area contributed by atoms with Crippen molar-refractivity contribution in [1.29, 1.82) is 0 Å². The lowest BCUT2D eigenvalue weighted by molar-refractivity contribution is 0.515. The fourth-order valence-electron chi connectivity index (χ4n) is 3.34. The summed E-state index contributed by atoms with van der Waals surface area (Å²) < 4.78 is 28.2. The monoisotopic (exact) mass is 403 g/mol. The summed E-state index contributed by atoms with van der Waals surface area (Å²) in [6.07, 6.45) is 2.92. The van der Waals surface area contributed by atoms with Crippen molar-refractivity contribution in [2.24, 2.45) is 0 Å². The standard InChI is InChI=1S/C21H15F2N7/c1-11-4-2-3-5-12(11)17-15(30-18-14(29-17)7-6-13(22)16(18)23)8-24-20-19-21(26-9-25-19)28-10-27-20/h2-7,9-10H,8H2,1H3,(H2,24,25,26,27,28). The van der Waals surface area contributed by atoms with Crippen molar-refractivity contribution in [2.75, 3.05) is 5.32 Å². The van der Waals surface area contributed by atoms with Gasteiger partial charge in [-0.25, -0.2) is 33.7 Å². The number of anilines is 1. The van der Waals surface area contributed by atoms with E-state index in [0.717, 1.165) is 17.2 Å². The molecule has 0 aliphatic heterocycles. The first-order valence-electron chi connectivity index (χ1n) is 9.20. The van der Waals surface area contributed by atoms with Crippen LogP contribution in [0, 0.1) is 18.6 Å². The molecule has 0 amide bonds. The zero-order valence-electron chi connectivity index (χ0n) is 15.8. The number of imidazole rings is 1. The van der Waals surface area contributed by atoms with E-state index in [0.29, 0.717) is 28.4 Å². The van der Waals surface area contributed by atoms with Gasteiger partial charge in [-0.2, -0.15) is 0 Å². The molecule has 3 heterocycles. The van der Waals surface area contributed by atoms with Crippen molar-refractivity contribution >= 4 is 28.0 Å². The minimum Gasteiger partial charge on any atom is -0.362 e. The van der Waals surface area contributed by atoms with Crippen LogP contribution in [0.15, 0.2) is 49.1 Å². The third-order valence-corrected chi connectivity index (χ3v) is 4.85. The molecule has 30 heavy (non-hydrogen) atoms. The Bertz CT molecular complexity index is 1400. The highest BCUT2D eigenvalue weighted by molar-refractivity contribution is 5.83. The van der Waals surface area contributed by atoms with Gasteiger partial charge in [-0.1, -0.05) is 24.3 Å². The summed E-state index contributed by atoms with van der Waals surface area (Å²) in [5.74, 6) is -1.46. The molecule has 0 unspecified atom stereocenters. The summed E-state index contributed by atoms with van der Waals surface area (Å²) >= 11 is 0. The zero-order chi connectivity index (χ0) is 20.7. The Kier molecular flexibility index (Phi) is 4.27. The van der Waals surface area contributed by atoms with Crippen molar-refractivity contribution in [2.45, 2.75) is 13.5 Å². The quantitative estimate of drug-likeness (QED) is 0.468. The highest BCUT2D eigenvalue weighted by Gasteiger charge is 2.17. The molecule has 9 heteroatoms. The molecule has 0 bridgehead atoms. The van der Waals surface area contributed by atoms with Gasteiger partial charge in [0.25, 0.3) is 0 Å². The fraction of sp³-hybridized carbons (Fsp3) is 0.0952. The molecule has 5 aromatic rings. The summed E-state index contributed by atoms with van der Waals surface area (Å²) in [7, 11) is 0. The first kappa shape index (κ1) is 18.0.